The summed E-state index contributed by atoms with van der Waals surface area (Å²) in [6.45, 7) is 8.99. The van der Waals surface area contributed by atoms with Gasteiger partial charge in [0.1, 0.15) is 0 Å². The SMILES string of the molecule is CCC(CC)c1ccc(Cl)cc1-c1cccc(C(C)C)c1. The molecule has 0 N–H and O–H groups in total. The molecule has 0 saturated heterocycles. The molecule has 0 saturated carbocycles. The molecule has 0 heterocycles. The molecule has 0 aromatic heterocycles. The maximum atomic E-state index is 6.26. The predicted molar refractivity (Wildman–Crippen MR) is 94.3 cm³/mol. The molecule has 0 bridgehead atoms. The zero-order valence-corrected chi connectivity index (χ0v) is 14.2. The van der Waals surface area contributed by atoms with Crippen LogP contribution >= 0.6 is 11.6 Å². The fourth-order valence-electron chi connectivity index (χ4n) is 2.93. The third-order valence-electron chi connectivity index (χ3n) is 4.31. The highest BCUT2D eigenvalue weighted by Crippen LogP contribution is 2.35. The normalized spacial score (nSPS) is 11.4. The molecule has 0 aliphatic heterocycles. The Bertz CT molecular complexity index is 595. The minimum atomic E-state index is 0.542. The van der Waals surface area contributed by atoms with E-state index in [1.165, 1.54) is 22.3 Å². The Morgan fingerprint density at radius 2 is 1.67 bits per heavy atom. The van der Waals surface area contributed by atoms with Crippen molar-refractivity contribution in [1.82, 2.24) is 0 Å². The van der Waals surface area contributed by atoms with Gasteiger partial charge in [-0.25, -0.2) is 0 Å². The van der Waals surface area contributed by atoms with Gasteiger partial charge in [0.15, 0.2) is 0 Å². The summed E-state index contributed by atoms with van der Waals surface area (Å²) in [6.07, 6.45) is 2.32. The van der Waals surface area contributed by atoms with Crippen molar-refractivity contribution in [2.24, 2.45) is 0 Å². The molecular formula is C20H25Cl. The Morgan fingerprint density at radius 3 is 2.29 bits per heavy atom. The summed E-state index contributed by atoms with van der Waals surface area (Å²) in [5.74, 6) is 1.14. The summed E-state index contributed by atoms with van der Waals surface area (Å²) >= 11 is 6.26. The molecule has 0 spiro atoms. The maximum Gasteiger partial charge on any atom is 0.0412 e. The van der Waals surface area contributed by atoms with Crippen molar-refractivity contribution in [3.8, 4) is 11.1 Å². The van der Waals surface area contributed by atoms with E-state index in [4.69, 9.17) is 11.6 Å². The van der Waals surface area contributed by atoms with Crippen LogP contribution < -0.4 is 0 Å². The van der Waals surface area contributed by atoms with Crippen molar-refractivity contribution >= 4 is 11.6 Å². The van der Waals surface area contributed by atoms with Crippen molar-refractivity contribution in [3.63, 3.8) is 0 Å². The van der Waals surface area contributed by atoms with Gasteiger partial charge in [-0.15, -0.1) is 0 Å². The second-order valence-electron chi connectivity index (χ2n) is 6.03. The molecule has 0 aliphatic carbocycles. The van der Waals surface area contributed by atoms with Gasteiger partial charge < -0.3 is 0 Å². The zero-order valence-electron chi connectivity index (χ0n) is 13.5. The lowest BCUT2D eigenvalue weighted by Gasteiger charge is -2.19. The summed E-state index contributed by atoms with van der Waals surface area (Å²) in [5.41, 5.74) is 5.37. The molecule has 112 valence electrons. The highest BCUT2D eigenvalue weighted by molar-refractivity contribution is 6.30. The average molecular weight is 301 g/mol. The lowest BCUT2D eigenvalue weighted by atomic mass is 9.86. The average Bonchev–Trinajstić information content (AvgIpc) is 2.50. The van der Waals surface area contributed by atoms with E-state index in [1.807, 2.05) is 6.07 Å². The smallest absolute Gasteiger partial charge is 0.0412 e. The van der Waals surface area contributed by atoms with Gasteiger partial charge in [-0.2, -0.15) is 0 Å². The molecule has 0 atom stereocenters. The van der Waals surface area contributed by atoms with Crippen LogP contribution in [0.25, 0.3) is 11.1 Å². The standard InChI is InChI=1S/C20H25Cl/c1-5-15(6-2)19-11-10-18(21)13-20(19)17-9-7-8-16(12-17)14(3)4/h7-15H,5-6H2,1-4H3. The van der Waals surface area contributed by atoms with Crippen LogP contribution in [0.1, 0.15) is 63.5 Å². The monoisotopic (exact) mass is 300 g/mol. The highest BCUT2D eigenvalue weighted by atomic mass is 35.5. The van der Waals surface area contributed by atoms with Crippen LogP contribution in [0.2, 0.25) is 5.02 Å². The van der Waals surface area contributed by atoms with Gasteiger partial charge in [-0.05, 0) is 59.1 Å². The largest absolute Gasteiger partial charge is 0.0843 e. The summed E-state index contributed by atoms with van der Waals surface area (Å²) in [4.78, 5) is 0. The van der Waals surface area contributed by atoms with Crippen molar-refractivity contribution in [1.29, 1.82) is 0 Å². The van der Waals surface area contributed by atoms with Gasteiger partial charge in [0, 0.05) is 5.02 Å². The Kier molecular flexibility index (Phi) is 5.47. The second-order valence-corrected chi connectivity index (χ2v) is 6.46. The lowest BCUT2D eigenvalue weighted by molar-refractivity contribution is 0.643. The van der Waals surface area contributed by atoms with E-state index in [1.54, 1.807) is 0 Å². The van der Waals surface area contributed by atoms with E-state index in [9.17, 15) is 0 Å². The van der Waals surface area contributed by atoms with Gasteiger partial charge in [0.25, 0.3) is 0 Å². The third kappa shape index (κ3) is 3.68. The van der Waals surface area contributed by atoms with Gasteiger partial charge in [0.2, 0.25) is 0 Å². The van der Waals surface area contributed by atoms with Crippen LogP contribution in [0.15, 0.2) is 42.5 Å². The predicted octanol–water partition coefficient (Wildman–Crippen LogP) is 7.03. The first kappa shape index (κ1) is 16.1. The van der Waals surface area contributed by atoms with Gasteiger partial charge in [-0.3, -0.25) is 0 Å². The molecule has 2 aromatic rings. The fourth-order valence-corrected chi connectivity index (χ4v) is 3.10. The van der Waals surface area contributed by atoms with E-state index in [-0.39, 0.29) is 0 Å². The maximum absolute atomic E-state index is 6.26. The summed E-state index contributed by atoms with van der Waals surface area (Å²) < 4.78 is 0. The first-order valence-corrected chi connectivity index (χ1v) is 8.34. The van der Waals surface area contributed by atoms with Crippen LogP contribution in [0.4, 0.5) is 0 Å². The van der Waals surface area contributed by atoms with E-state index in [0.29, 0.717) is 11.8 Å². The minimum Gasteiger partial charge on any atom is -0.0843 e. The number of halogens is 1. The summed E-state index contributed by atoms with van der Waals surface area (Å²) in [7, 11) is 0. The topological polar surface area (TPSA) is 0 Å². The molecule has 0 fully saturated rings. The molecule has 0 amide bonds. The Hall–Kier alpha value is -1.27. The third-order valence-corrected chi connectivity index (χ3v) is 4.54. The van der Waals surface area contributed by atoms with E-state index in [2.05, 4.69) is 64.1 Å². The first-order chi connectivity index (χ1) is 10.1. The van der Waals surface area contributed by atoms with Crippen LogP contribution in [-0.2, 0) is 0 Å². The van der Waals surface area contributed by atoms with Crippen molar-refractivity contribution in [2.45, 2.75) is 52.4 Å². The fraction of sp³-hybridized carbons (Fsp3) is 0.400. The highest BCUT2D eigenvalue weighted by Gasteiger charge is 2.14. The summed E-state index contributed by atoms with van der Waals surface area (Å²) in [5, 5.41) is 0.814. The molecule has 2 rings (SSSR count). The van der Waals surface area contributed by atoms with Crippen LogP contribution in [0, 0.1) is 0 Å². The molecule has 1 heteroatoms. The minimum absolute atomic E-state index is 0.542. The second kappa shape index (κ2) is 7.13. The zero-order chi connectivity index (χ0) is 15.4. The first-order valence-electron chi connectivity index (χ1n) is 7.96. The quantitative estimate of drug-likeness (QED) is 0.556. The van der Waals surface area contributed by atoms with Crippen molar-refractivity contribution in [3.05, 3.63) is 58.6 Å². The molecule has 0 nitrogen and oxygen atoms in total. The van der Waals surface area contributed by atoms with Gasteiger partial charge in [0.05, 0.1) is 0 Å². The molecular weight excluding hydrogens is 276 g/mol. The Balaban J connectivity index is 2.56. The number of hydrogen-bond donors (Lipinski definition) is 0. The Labute approximate surface area is 134 Å². The molecule has 2 aromatic carbocycles. The molecule has 0 radical (unpaired) electrons. The molecule has 0 unspecified atom stereocenters. The van der Waals surface area contributed by atoms with Crippen LogP contribution in [-0.4, -0.2) is 0 Å². The van der Waals surface area contributed by atoms with Gasteiger partial charge in [-0.1, -0.05) is 69.6 Å². The van der Waals surface area contributed by atoms with Crippen molar-refractivity contribution in [2.75, 3.05) is 0 Å². The van der Waals surface area contributed by atoms with E-state index >= 15 is 0 Å². The van der Waals surface area contributed by atoms with Gasteiger partial charge >= 0.3 is 0 Å². The van der Waals surface area contributed by atoms with Crippen LogP contribution in [0.3, 0.4) is 0 Å². The van der Waals surface area contributed by atoms with Crippen molar-refractivity contribution < 1.29 is 0 Å². The van der Waals surface area contributed by atoms with E-state index in [0.717, 1.165) is 17.9 Å². The number of hydrogen-bond acceptors (Lipinski definition) is 0. The molecule has 0 aliphatic rings. The molecule has 21 heavy (non-hydrogen) atoms. The van der Waals surface area contributed by atoms with Crippen LogP contribution in [0.5, 0.6) is 0 Å². The lowest BCUT2D eigenvalue weighted by Crippen LogP contribution is -1.99. The summed E-state index contributed by atoms with van der Waals surface area (Å²) in [6, 6.07) is 15.2. The number of rotatable bonds is 5. The van der Waals surface area contributed by atoms with E-state index < -0.39 is 0 Å². The Morgan fingerprint density at radius 1 is 0.952 bits per heavy atom. The number of benzene rings is 2.